The molecule has 332 valence electrons. The third-order valence-corrected chi connectivity index (χ3v) is 13.9. The van der Waals surface area contributed by atoms with Crippen LogP contribution in [0.5, 0.6) is 11.5 Å². The van der Waals surface area contributed by atoms with Crippen LogP contribution in [0.25, 0.3) is 16.6 Å². The molecule has 18 heteroatoms. The van der Waals surface area contributed by atoms with E-state index < -0.39 is 48.6 Å². The summed E-state index contributed by atoms with van der Waals surface area (Å²) in [7, 11) is -3.17. The highest BCUT2D eigenvalue weighted by molar-refractivity contribution is 7.90. The lowest BCUT2D eigenvalue weighted by atomic mass is 9.59. The molecule has 2 aromatic heterocycles. The maximum atomic E-state index is 16.9. The lowest BCUT2D eigenvalue weighted by molar-refractivity contribution is -0.384. The van der Waals surface area contributed by atoms with Gasteiger partial charge >= 0.3 is 0 Å². The number of fused-ring (bicyclic) bond motifs is 1. The maximum Gasteiger partial charge on any atom is 0.293 e. The van der Waals surface area contributed by atoms with Crippen LogP contribution < -0.4 is 19.7 Å². The molecule has 8 rings (SSSR count). The number of halogens is 2. The van der Waals surface area contributed by atoms with Crippen molar-refractivity contribution in [3.8, 4) is 11.5 Å². The van der Waals surface area contributed by atoms with Gasteiger partial charge in [0, 0.05) is 69.1 Å². The predicted octanol–water partition coefficient (Wildman–Crippen LogP) is 8.18. The number of carbonyl (C=O) groups excluding carboxylic acids is 1. The number of ether oxygens (including phenoxy) is 3. The number of rotatable bonds is 17. The van der Waals surface area contributed by atoms with E-state index in [2.05, 4.69) is 32.3 Å². The molecule has 15 nitrogen and oxygen atoms in total. The number of benzene rings is 3. The predicted molar refractivity (Wildman–Crippen MR) is 239 cm³/mol. The molecule has 2 fully saturated rings. The molecule has 3 heterocycles. The summed E-state index contributed by atoms with van der Waals surface area (Å²) in [5.41, 5.74) is 4.34. The molecule has 1 amide bonds. The second-order valence-electron chi connectivity index (χ2n) is 16.2. The number of pyridine rings is 1. The molecule has 0 bridgehead atoms. The maximum absolute atomic E-state index is 16.9. The van der Waals surface area contributed by atoms with Crippen molar-refractivity contribution >= 4 is 61.2 Å². The monoisotopic (exact) mass is 901 g/mol. The minimum atomic E-state index is -4.71. The number of nitrogens with one attached hydrogen (secondary N) is 3. The van der Waals surface area contributed by atoms with Crippen LogP contribution >= 0.6 is 11.6 Å². The van der Waals surface area contributed by atoms with Crippen LogP contribution in [0.2, 0.25) is 5.02 Å². The Morgan fingerprint density at radius 2 is 1.81 bits per heavy atom. The molecular weight excluding hydrogens is 853 g/mol. The van der Waals surface area contributed by atoms with Gasteiger partial charge in [0.05, 0.1) is 47.1 Å². The van der Waals surface area contributed by atoms with E-state index in [0.717, 1.165) is 31.5 Å². The number of nitrogens with zero attached hydrogens (tertiary/aromatic N) is 4. The number of methoxy groups -OCH3 is 1. The van der Waals surface area contributed by atoms with Gasteiger partial charge in [-0.3, -0.25) is 19.8 Å². The zero-order chi connectivity index (χ0) is 44.1. The van der Waals surface area contributed by atoms with Gasteiger partial charge in [0.25, 0.3) is 21.6 Å². The second-order valence-corrected chi connectivity index (χ2v) is 18.4. The van der Waals surface area contributed by atoms with Crippen LogP contribution in [-0.4, -0.2) is 100 Å². The van der Waals surface area contributed by atoms with Crippen LogP contribution in [0.1, 0.15) is 54.4 Å². The smallest absolute Gasteiger partial charge is 0.293 e. The Balaban J connectivity index is 1.01. The Labute approximate surface area is 369 Å². The standard InChI is InChI=1S/C45H49ClFN7O8S/c1-60-23-24-61-22-17-48-38-9-7-35(26-40(38)54(56)57)63(58,59)51-44(55)36-8-10-39(41(47)42(36)62-34-25-31-12-16-49-43(31)50-28-34)53-20-18-52(19-21-53)29-32-11-15-45(13-2-14-45)27-37(32)30-3-5-33(46)6-4-30/h3-10,12,16,25-26,28,48H,2,11,13-15,17-24,27,29H2,1H3,(H,49,50)(H,51,55). The zero-order valence-electron chi connectivity index (χ0n) is 34.8. The lowest BCUT2D eigenvalue weighted by Crippen LogP contribution is -2.47. The molecule has 0 radical (unpaired) electrons. The highest BCUT2D eigenvalue weighted by Crippen LogP contribution is 2.55. The van der Waals surface area contributed by atoms with Crippen LogP contribution in [-0.2, 0) is 19.5 Å². The number of anilines is 2. The van der Waals surface area contributed by atoms with Crippen molar-refractivity contribution in [3.05, 3.63) is 117 Å². The number of sulfonamides is 1. The first-order valence-electron chi connectivity index (χ1n) is 21.0. The number of H-pyrrole nitrogens is 1. The van der Waals surface area contributed by atoms with Crippen molar-refractivity contribution < 1.29 is 36.7 Å². The molecule has 1 aliphatic heterocycles. The number of piperazine rings is 1. The fourth-order valence-corrected chi connectivity index (χ4v) is 9.80. The highest BCUT2D eigenvalue weighted by atomic mass is 35.5. The fraction of sp³-hybridized carbons (Fsp3) is 0.378. The van der Waals surface area contributed by atoms with E-state index in [1.807, 2.05) is 21.8 Å². The largest absolute Gasteiger partial charge is 0.452 e. The van der Waals surface area contributed by atoms with Gasteiger partial charge in [-0.1, -0.05) is 35.7 Å². The zero-order valence-corrected chi connectivity index (χ0v) is 36.4. The van der Waals surface area contributed by atoms with Crippen LogP contribution in [0.4, 0.5) is 21.5 Å². The average Bonchev–Trinajstić information content (AvgIpc) is 3.74. The molecule has 5 aromatic rings. The molecule has 3 N–H and O–H groups in total. The fourth-order valence-electron chi connectivity index (χ4n) is 8.69. The molecule has 63 heavy (non-hydrogen) atoms. The number of hydrogen-bond donors (Lipinski definition) is 3. The summed E-state index contributed by atoms with van der Waals surface area (Å²) in [6.07, 6.45) is 10.2. The number of aromatic amines is 1. The second kappa shape index (κ2) is 19.0. The van der Waals surface area contributed by atoms with Gasteiger partial charge in [0.2, 0.25) is 0 Å². The van der Waals surface area contributed by atoms with E-state index in [9.17, 15) is 23.3 Å². The number of carbonyl (C=O) groups is 1. The minimum absolute atomic E-state index is 0.0541. The third kappa shape index (κ3) is 9.97. The SMILES string of the molecule is COCCOCCNc1ccc(S(=O)(=O)NC(=O)c2ccc(N3CCN(CC4=C(c5ccc(Cl)cc5)CC5(CCC5)CC4)CC3)c(F)c2Oc2cnc3[nH]ccc3c2)cc1[N+](=O)[O-]. The summed E-state index contributed by atoms with van der Waals surface area (Å²) in [6, 6.07) is 17.5. The van der Waals surface area contributed by atoms with Gasteiger partial charge in [0.15, 0.2) is 11.6 Å². The Bertz CT molecular complexity index is 2630. The third-order valence-electron chi connectivity index (χ3n) is 12.3. The van der Waals surface area contributed by atoms with E-state index in [-0.39, 0.29) is 30.3 Å². The topological polar surface area (TPSA) is 181 Å². The molecule has 0 atom stereocenters. The summed E-state index contributed by atoms with van der Waals surface area (Å²) in [4.78, 5) is 36.2. The Morgan fingerprint density at radius 3 is 2.54 bits per heavy atom. The van der Waals surface area contributed by atoms with Gasteiger partial charge < -0.3 is 29.4 Å². The van der Waals surface area contributed by atoms with Crippen molar-refractivity contribution in [3.63, 3.8) is 0 Å². The summed E-state index contributed by atoms with van der Waals surface area (Å²) >= 11 is 6.26. The van der Waals surface area contributed by atoms with E-state index >= 15 is 4.39 Å². The first kappa shape index (κ1) is 44.0. The first-order chi connectivity index (χ1) is 30.4. The lowest BCUT2D eigenvalue weighted by Gasteiger charge is -2.47. The summed E-state index contributed by atoms with van der Waals surface area (Å²) < 4.78 is 62.5. The van der Waals surface area contributed by atoms with Crippen LogP contribution in [0.15, 0.2) is 89.6 Å². The number of nitro groups is 1. The molecule has 1 saturated heterocycles. The molecule has 2 aliphatic carbocycles. The molecule has 3 aromatic carbocycles. The van der Waals surface area contributed by atoms with E-state index in [1.165, 1.54) is 73.9 Å². The van der Waals surface area contributed by atoms with Gasteiger partial charge in [-0.25, -0.2) is 22.5 Å². The molecule has 0 unspecified atom stereocenters. The molecule has 3 aliphatic rings. The van der Waals surface area contributed by atoms with Crippen LogP contribution in [0, 0.1) is 21.3 Å². The van der Waals surface area contributed by atoms with Gasteiger partial charge in [-0.15, -0.1) is 0 Å². The average molecular weight is 902 g/mol. The minimum Gasteiger partial charge on any atom is -0.452 e. The van der Waals surface area contributed by atoms with E-state index in [4.69, 9.17) is 25.8 Å². The molecular formula is C45H49ClFN7O8S. The summed E-state index contributed by atoms with van der Waals surface area (Å²) in [5, 5.41) is 16.2. The number of allylic oxidation sites excluding steroid dienone is 1. The van der Waals surface area contributed by atoms with E-state index in [0.29, 0.717) is 60.9 Å². The summed E-state index contributed by atoms with van der Waals surface area (Å²) in [6.45, 7) is 4.25. The Kier molecular flexibility index (Phi) is 13.3. The molecule has 1 spiro atoms. The normalized spacial score (nSPS) is 16.6. The van der Waals surface area contributed by atoms with Crippen molar-refractivity contribution in [1.82, 2.24) is 19.6 Å². The Hall–Kier alpha value is -5.59. The number of nitro benzene ring substituents is 1. The van der Waals surface area contributed by atoms with E-state index in [1.54, 1.807) is 18.3 Å². The van der Waals surface area contributed by atoms with Crippen molar-refractivity contribution in [1.29, 1.82) is 0 Å². The number of hydrogen-bond acceptors (Lipinski definition) is 12. The van der Waals surface area contributed by atoms with Crippen molar-refractivity contribution in [2.45, 2.75) is 43.4 Å². The molecule has 1 saturated carbocycles. The Morgan fingerprint density at radius 1 is 1.02 bits per heavy atom. The van der Waals surface area contributed by atoms with Crippen LogP contribution in [0.3, 0.4) is 0 Å². The van der Waals surface area contributed by atoms with Gasteiger partial charge in [-0.2, -0.15) is 0 Å². The van der Waals surface area contributed by atoms with Crippen molar-refractivity contribution in [2.75, 3.05) is 76.4 Å². The highest BCUT2D eigenvalue weighted by Gasteiger charge is 2.41. The number of aromatic nitrogens is 2. The quantitative estimate of drug-likeness (QED) is 0.0463. The van der Waals surface area contributed by atoms with Crippen molar-refractivity contribution in [2.24, 2.45) is 5.41 Å². The van der Waals surface area contributed by atoms with Gasteiger partial charge in [-0.05, 0) is 97.2 Å². The first-order valence-corrected chi connectivity index (χ1v) is 22.8. The van der Waals surface area contributed by atoms with Gasteiger partial charge in [0.1, 0.15) is 17.1 Å². The number of amides is 1. The summed E-state index contributed by atoms with van der Waals surface area (Å²) in [5.74, 6) is -2.44.